The van der Waals surface area contributed by atoms with Crippen LogP contribution in [0, 0.1) is 24.0 Å². The molecule has 1 aliphatic rings. The molecule has 0 saturated carbocycles. The molecule has 1 saturated heterocycles. The van der Waals surface area contributed by atoms with Crippen molar-refractivity contribution < 1.29 is 9.72 Å². The van der Waals surface area contributed by atoms with E-state index in [0.717, 1.165) is 21.5 Å². The van der Waals surface area contributed by atoms with Crippen molar-refractivity contribution in [3.05, 3.63) is 80.1 Å². The number of amides is 1. The first kappa shape index (κ1) is 21.0. The molecule has 2 aromatic carbocycles. The lowest BCUT2D eigenvalue weighted by molar-refractivity contribution is -0.384. The summed E-state index contributed by atoms with van der Waals surface area (Å²) in [5.74, 6) is -0.0123. The van der Waals surface area contributed by atoms with E-state index in [1.165, 1.54) is 12.1 Å². The standard InChI is InChI=1S/C22H22BrN5O3/c1-15-21(16(2)27(24-15)19-5-3-17(23)4-6-19)22(29)26-13-11-25(12-14-26)18-7-9-20(10-8-18)28(30)31/h3-10H,11-14H2,1-2H3. The molecule has 8 nitrogen and oxygen atoms in total. The van der Waals surface area contributed by atoms with Crippen LogP contribution in [0.1, 0.15) is 21.7 Å². The highest BCUT2D eigenvalue weighted by molar-refractivity contribution is 9.10. The van der Waals surface area contributed by atoms with Crippen molar-refractivity contribution in [2.75, 3.05) is 31.1 Å². The number of nitro groups is 1. The van der Waals surface area contributed by atoms with Gasteiger partial charge in [-0.05, 0) is 50.2 Å². The Kier molecular flexibility index (Phi) is 5.77. The van der Waals surface area contributed by atoms with Crippen LogP contribution in [0.5, 0.6) is 0 Å². The number of non-ortho nitro benzene ring substituents is 1. The van der Waals surface area contributed by atoms with Crippen molar-refractivity contribution in [2.45, 2.75) is 13.8 Å². The molecule has 3 aromatic rings. The Labute approximate surface area is 188 Å². The van der Waals surface area contributed by atoms with Gasteiger partial charge >= 0.3 is 0 Å². The molecule has 0 aliphatic carbocycles. The predicted octanol–water partition coefficient (Wildman–Crippen LogP) is 4.12. The molecule has 9 heteroatoms. The molecule has 1 aliphatic heterocycles. The largest absolute Gasteiger partial charge is 0.368 e. The molecule has 160 valence electrons. The van der Waals surface area contributed by atoms with Crippen LogP contribution in [0.25, 0.3) is 5.69 Å². The molecular formula is C22H22BrN5O3. The topological polar surface area (TPSA) is 84.5 Å². The van der Waals surface area contributed by atoms with Gasteiger partial charge in [-0.1, -0.05) is 15.9 Å². The number of nitrogens with zero attached hydrogens (tertiary/aromatic N) is 5. The van der Waals surface area contributed by atoms with Gasteiger partial charge in [0, 0.05) is 48.5 Å². The summed E-state index contributed by atoms with van der Waals surface area (Å²) in [6.07, 6.45) is 0. The van der Waals surface area contributed by atoms with E-state index in [-0.39, 0.29) is 11.6 Å². The van der Waals surface area contributed by atoms with E-state index in [2.05, 4.69) is 25.9 Å². The Hall–Kier alpha value is -3.20. The van der Waals surface area contributed by atoms with E-state index in [1.807, 2.05) is 47.7 Å². The van der Waals surface area contributed by atoms with E-state index in [4.69, 9.17) is 0 Å². The predicted molar refractivity (Wildman–Crippen MR) is 122 cm³/mol. The van der Waals surface area contributed by atoms with Crippen molar-refractivity contribution in [1.82, 2.24) is 14.7 Å². The maximum absolute atomic E-state index is 13.3. The number of anilines is 1. The number of nitro benzene ring substituents is 1. The minimum Gasteiger partial charge on any atom is -0.368 e. The van der Waals surface area contributed by atoms with Crippen LogP contribution in [-0.4, -0.2) is 51.7 Å². The van der Waals surface area contributed by atoms with Gasteiger partial charge in [0.15, 0.2) is 0 Å². The molecule has 31 heavy (non-hydrogen) atoms. The van der Waals surface area contributed by atoms with Gasteiger partial charge in [0.05, 0.1) is 27.6 Å². The van der Waals surface area contributed by atoms with Crippen LogP contribution in [0.4, 0.5) is 11.4 Å². The first-order valence-corrected chi connectivity index (χ1v) is 10.8. The highest BCUT2D eigenvalue weighted by Gasteiger charge is 2.27. The lowest BCUT2D eigenvalue weighted by Gasteiger charge is -2.36. The Morgan fingerprint density at radius 2 is 1.55 bits per heavy atom. The lowest BCUT2D eigenvalue weighted by atomic mass is 10.1. The highest BCUT2D eigenvalue weighted by atomic mass is 79.9. The SMILES string of the molecule is Cc1nn(-c2ccc(Br)cc2)c(C)c1C(=O)N1CCN(c2ccc([N+](=O)[O-])cc2)CC1. The number of carbonyl (C=O) groups is 1. The third kappa shape index (κ3) is 4.18. The number of hydrogen-bond donors (Lipinski definition) is 0. The Morgan fingerprint density at radius 3 is 2.13 bits per heavy atom. The molecule has 0 radical (unpaired) electrons. The monoisotopic (exact) mass is 483 g/mol. The van der Waals surface area contributed by atoms with Crippen LogP contribution in [0.2, 0.25) is 0 Å². The second-order valence-electron chi connectivity index (χ2n) is 7.49. The third-order valence-corrected chi connectivity index (χ3v) is 6.10. The zero-order chi connectivity index (χ0) is 22.1. The number of aromatic nitrogens is 2. The van der Waals surface area contributed by atoms with Crippen LogP contribution in [-0.2, 0) is 0 Å². The normalized spacial score (nSPS) is 14.0. The first-order chi connectivity index (χ1) is 14.8. The van der Waals surface area contributed by atoms with Gasteiger partial charge in [-0.15, -0.1) is 0 Å². The summed E-state index contributed by atoms with van der Waals surface area (Å²) in [5, 5.41) is 15.4. The van der Waals surface area contributed by atoms with Gasteiger partial charge in [-0.2, -0.15) is 5.10 Å². The fraction of sp³-hybridized carbons (Fsp3) is 0.273. The van der Waals surface area contributed by atoms with E-state index in [1.54, 1.807) is 12.1 Å². The molecule has 1 aromatic heterocycles. The highest BCUT2D eigenvalue weighted by Crippen LogP contribution is 2.24. The zero-order valence-electron chi connectivity index (χ0n) is 17.3. The van der Waals surface area contributed by atoms with Gasteiger partial charge in [0.25, 0.3) is 11.6 Å². The van der Waals surface area contributed by atoms with E-state index in [0.29, 0.717) is 37.4 Å². The lowest BCUT2D eigenvalue weighted by Crippen LogP contribution is -2.49. The van der Waals surface area contributed by atoms with Crippen molar-refractivity contribution in [3.8, 4) is 5.69 Å². The summed E-state index contributed by atoms with van der Waals surface area (Å²) in [5.41, 5.74) is 4.09. The summed E-state index contributed by atoms with van der Waals surface area (Å²) in [7, 11) is 0. The van der Waals surface area contributed by atoms with Gasteiger partial charge < -0.3 is 9.80 Å². The number of carbonyl (C=O) groups excluding carboxylic acids is 1. The summed E-state index contributed by atoms with van der Waals surface area (Å²) < 4.78 is 2.79. The molecular weight excluding hydrogens is 462 g/mol. The number of rotatable bonds is 4. The minimum absolute atomic E-state index is 0.0123. The zero-order valence-corrected chi connectivity index (χ0v) is 18.9. The Morgan fingerprint density at radius 1 is 0.968 bits per heavy atom. The summed E-state index contributed by atoms with van der Waals surface area (Å²) in [4.78, 5) is 27.7. The molecule has 0 atom stereocenters. The number of halogens is 1. The van der Waals surface area contributed by atoms with Crippen molar-refractivity contribution in [3.63, 3.8) is 0 Å². The van der Waals surface area contributed by atoms with Gasteiger partial charge in [0.2, 0.25) is 0 Å². The molecule has 0 bridgehead atoms. The van der Waals surface area contributed by atoms with Gasteiger partial charge in [-0.3, -0.25) is 14.9 Å². The smallest absolute Gasteiger partial charge is 0.269 e. The molecule has 0 unspecified atom stereocenters. The van der Waals surface area contributed by atoms with Gasteiger partial charge in [-0.25, -0.2) is 4.68 Å². The second-order valence-corrected chi connectivity index (χ2v) is 8.40. The maximum Gasteiger partial charge on any atom is 0.269 e. The van der Waals surface area contributed by atoms with Crippen molar-refractivity contribution in [1.29, 1.82) is 0 Å². The minimum atomic E-state index is -0.403. The Bertz CT molecular complexity index is 1120. The maximum atomic E-state index is 13.3. The van der Waals surface area contributed by atoms with E-state index >= 15 is 0 Å². The number of hydrogen-bond acceptors (Lipinski definition) is 5. The van der Waals surface area contributed by atoms with Gasteiger partial charge in [0.1, 0.15) is 0 Å². The fourth-order valence-electron chi connectivity index (χ4n) is 3.90. The quantitative estimate of drug-likeness (QED) is 0.411. The second kappa shape index (κ2) is 8.50. The van der Waals surface area contributed by atoms with Crippen LogP contribution >= 0.6 is 15.9 Å². The molecule has 0 spiro atoms. The summed E-state index contributed by atoms with van der Waals surface area (Å²) >= 11 is 3.44. The molecule has 4 rings (SSSR count). The molecule has 1 amide bonds. The van der Waals surface area contributed by atoms with Crippen molar-refractivity contribution >= 4 is 33.2 Å². The third-order valence-electron chi connectivity index (χ3n) is 5.57. The van der Waals surface area contributed by atoms with Crippen molar-refractivity contribution in [2.24, 2.45) is 0 Å². The molecule has 2 heterocycles. The fourth-order valence-corrected chi connectivity index (χ4v) is 4.16. The number of aryl methyl sites for hydroxylation is 1. The number of piperazine rings is 1. The van der Waals surface area contributed by atoms with Crippen LogP contribution < -0.4 is 4.90 Å². The molecule has 1 fully saturated rings. The average molecular weight is 484 g/mol. The van der Waals surface area contributed by atoms with Crippen LogP contribution in [0.15, 0.2) is 53.0 Å². The molecule has 0 N–H and O–H groups in total. The number of benzene rings is 2. The first-order valence-electron chi connectivity index (χ1n) is 9.96. The van der Waals surface area contributed by atoms with E-state index in [9.17, 15) is 14.9 Å². The Balaban J connectivity index is 1.47. The van der Waals surface area contributed by atoms with E-state index < -0.39 is 4.92 Å². The summed E-state index contributed by atoms with van der Waals surface area (Å²) in [6, 6.07) is 14.3. The average Bonchev–Trinajstić information content (AvgIpc) is 3.08. The summed E-state index contributed by atoms with van der Waals surface area (Å²) in [6.45, 7) is 6.28. The van der Waals surface area contributed by atoms with Crippen LogP contribution in [0.3, 0.4) is 0 Å².